The Labute approximate surface area is 116 Å². The van der Waals surface area contributed by atoms with Crippen LogP contribution in [0.5, 0.6) is 0 Å². The van der Waals surface area contributed by atoms with Gasteiger partial charge < -0.3 is 5.73 Å². The van der Waals surface area contributed by atoms with E-state index < -0.39 is 10.0 Å². The topological polar surface area (TPSA) is 85.1 Å². The molecule has 5 nitrogen and oxygen atoms in total. The minimum Gasteiger partial charge on any atom is -0.326 e. The van der Waals surface area contributed by atoms with Gasteiger partial charge >= 0.3 is 0 Å². The van der Waals surface area contributed by atoms with Crippen molar-refractivity contribution in [1.29, 1.82) is 0 Å². The fourth-order valence-electron chi connectivity index (χ4n) is 1.56. The first kappa shape index (κ1) is 14.0. The summed E-state index contributed by atoms with van der Waals surface area (Å²) in [5, 5.41) is 2.20. The standard InChI is InChI=1S/C12H15N3O2S2/c1-9-7-18-12(14-9)15-19(16,17)8-11-4-2-10(6-13)3-5-11/h2-5,7H,6,8,13H2,1H3,(H,14,15). The highest BCUT2D eigenvalue weighted by atomic mass is 32.2. The normalized spacial score (nSPS) is 11.5. The van der Waals surface area contributed by atoms with Crippen molar-refractivity contribution in [3.8, 4) is 0 Å². The molecule has 0 spiro atoms. The number of rotatable bonds is 5. The average molecular weight is 297 g/mol. The lowest BCUT2D eigenvalue weighted by atomic mass is 10.1. The van der Waals surface area contributed by atoms with E-state index in [1.54, 1.807) is 17.5 Å². The number of nitrogens with zero attached hydrogens (tertiary/aromatic N) is 1. The van der Waals surface area contributed by atoms with E-state index in [1.165, 1.54) is 11.3 Å². The maximum atomic E-state index is 12.0. The second-order valence-electron chi connectivity index (χ2n) is 4.18. The molecule has 1 aromatic carbocycles. The first-order valence-electron chi connectivity index (χ1n) is 5.69. The Morgan fingerprint density at radius 2 is 1.89 bits per heavy atom. The number of nitrogens with two attached hydrogens (primary N) is 1. The Bertz CT molecular complexity index is 648. The van der Waals surface area contributed by atoms with Crippen LogP contribution in [0.15, 0.2) is 29.6 Å². The monoisotopic (exact) mass is 297 g/mol. The van der Waals surface area contributed by atoms with Gasteiger partial charge in [-0.25, -0.2) is 13.4 Å². The minimum atomic E-state index is -3.43. The number of nitrogens with one attached hydrogen (secondary N) is 1. The Kier molecular flexibility index (Phi) is 4.18. The van der Waals surface area contributed by atoms with Gasteiger partial charge in [-0.3, -0.25) is 4.72 Å². The predicted molar refractivity (Wildman–Crippen MR) is 77.4 cm³/mol. The summed E-state index contributed by atoms with van der Waals surface area (Å²) in [5.74, 6) is -0.0729. The lowest BCUT2D eigenvalue weighted by Crippen LogP contribution is -2.15. The van der Waals surface area contributed by atoms with Gasteiger partial charge in [0.2, 0.25) is 10.0 Å². The number of anilines is 1. The zero-order valence-corrected chi connectivity index (χ0v) is 12.1. The molecule has 0 unspecified atom stereocenters. The maximum absolute atomic E-state index is 12.0. The molecule has 0 saturated carbocycles. The fraction of sp³-hybridized carbons (Fsp3) is 0.250. The minimum absolute atomic E-state index is 0.0729. The zero-order valence-electron chi connectivity index (χ0n) is 10.5. The number of aryl methyl sites for hydroxylation is 1. The molecule has 2 aromatic rings. The summed E-state index contributed by atoms with van der Waals surface area (Å²) >= 11 is 1.28. The van der Waals surface area contributed by atoms with E-state index in [4.69, 9.17) is 5.73 Å². The van der Waals surface area contributed by atoms with Crippen LogP contribution in [0.1, 0.15) is 16.8 Å². The van der Waals surface area contributed by atoms with Crippen LogP contribution in [0.25, 0.3) is 0 Å². The molecule has 0 aliphatic carbocycles. The number of hydrogen-bond donors (Lipinski definition) is 2. The Morgan fingerprint density at radius 3 is 2.42 bits per heavy atom. The summed E-state index contributed by atoms with van der Waals surface area (Å²) in [5.41, 5.74) is 7.99. The molecule has 0 atom stereocenters. The molecule has 1 aromatic heterocycles. The molecule has 0 bridgehead atoms. The van der Waals surface area contributed by atoms with Gasteiger partial charge in [-0.1, -0.05) is 24.3 Å². The van der Waals surface area contributed by atoms with Gasteiger partial charge in [-0.05, 0) is 18.1 Å². The zero-order chi connectivity index (χ0) is 13.9. The summed E-state index contributed by atoms with van der Waals surface area (Å²) < 4.78 is 26.4. The first-order valence-corrected chi connectivity index (χ1v) is 8.22. The molecule has 0 aliphatic heterocycles. The van der Waals surface area contributed by atoms with E-state index >= 15 is 0 Å². The summed E-state index contributed by atoms with van der Waals surface area (Å²) in [7, 11) is -3.43. The van der Waals surface area contributed by atoms with Crippen molar-refractivity contribution in [2.75, 3.05) is 4.72 Å². The van der Waals surface area contributed by atoms with Crippen molar-refractivity contribution in [3.05, 3.63) is 46.5 Å². The molecule has 0 saturated heterocycles. The van der Waals surface area contributed by atoms with Crippen molar-refractivity contribution in [1.82, 2.24) is 4.98 Å². The van der Waals surface area contributed by atoms with Crippen molar-refractivity contribution in [2.45, 2.75) is 19.2 Å². The molecule has 7 heteroatoms. The third-order valence-corrected chi connectivity index (χ3v) is 4.70. The van der Waals surface area contributed by atoms with E-state index in [-0.39, 0.29) is 5.75 Å². The summed E-state index contributed by atoms with van der Waals surface area (Å²) in [6.07, 6.45) is 0. The molecular weight excluding hydrogens is 282 g/mol. The number of benzene rings is 1. The van der Waals surface area contributed by atoms with Crippen molar-refractivity contribution < 1.29 is 8.42 Å². The van der Waals surface area contributed by atoms with Gasteiger partial charge in [0.15, 0.2) is 5.13 Å². The van der Waals surface area contributed by atoms with Crippen molar-refractivity contribution in [2.24, 2.45) is 5.73 Å². The highest BCUT2D eigenvalue weighted by Crippen LogP contribution is 2.17. The van der Waals surface area contributed by atoms with Gasteiger partial charge in [-0.2, -0.15) is 0 Å². The molecule has 0 fully saturated rings. The molecular formula is C12H15N3O2S2. The number of hydrogen-bond acceptors (Lipinski definition) is 5. The highest BCUT2D eigenvalue weighted by molar-refractivity contribution is 7.92. The second kappa shape index (κ2) is 5.68. The van der Waals surface area contributed by atoms with E-state index in [2.05, 4.69) is 9.71 Å². The van der Waals surface area contributed by atoms with E-state index in [1.807, 2.05) is 19.1 Å². The number of sulfonamides is 1. The third-order valence-electron chi connectivity index (χ3n) is 2.48. The predicted octanol–water partition coefficient (Wildman–Crippen LogP) is 1.85. The summed E-state index contributed by atoms with van der Waals surface area (Å²) in [6, 6.07) is 7.21. The van der Waals surface area contributed by atoms with Crippen LogP contribution in [0, 0.1) is 6.92 Å². The highest BCUT2D eigenvalue weighted by Gasteiger charge is 2.13. The van der Waals surface area contributed by atoms with Crippen LogP contribution in [-0.4, -0.2) is 13.4 Å². The Balaban J connectivity index is 2.07. The summed E-state index contributed by atoms with van der Waals surface area (Å²) in [4.78, 5) is 4.08. The Hall–Kier alpha value is -1.44. The van der Waals surface area contributed by atoms with E-state index in [0.29, 0.717) is 11.7 Å². The van der Waals surface area contributed by atoms with Crippen LogP contribution in [0.2, 0.25) is 0 Å². The quantitative estimate of drug-likeness (QED) is 0.882. The van der Waals surface area contributed by atoms with Crippen molar-refractivity contribution in [3.63, 3.8) is 0 Å². The smallest absolute Gasteiger partial charge is 0.238 e. The van der Waals surface area contributed by atoms with Crippen LogP contribution in [0.3, 0.4) is 0 Å². The third kappa shape index (κ3) is 4.02. The molecule has 0 radical (unpaired) electrons. The molecule has 1 heterocycles. The fourth-order valence-corrected chi connectivity index (χ4v) is 3.68. The number of aromatic nitrogens is 1. The maximum Gasteiger partial charge on any atom is 0.238 e. The van der Waals surface area contributed by atoms with Crippen LogP contribution in [-0.2, 0) is 22.3 Å². The van der Waals surface area contributed by atoms with Crippen LogP contribution < -0.4 is 10.5 Å². The summed E-state index contributed by atoms with van der Waals surface area (Å²) in [6.45, 7) is 2.27. The van der Waals surface area contributed by atoms with Crippen LogP contribution >= 0.6 is 11.3 Å². The van der Waals surface area contributed by atoms with Gasteiger partial charge in [0.25, 0.3) is 0 Å². The van der Waals surface area contributed by atoms with Crippen molar-refractivity contribution >= 4 is 26.5 Å². The molecule has 3 N–H and O–H groups in total. The van der Waals surface area contributed by atoms with Gasteiger partial charge in [0.05, 0.1) is 11.4 Å². The number of thiazole rings is 1. The lowest BCUT2D eigenvalue weighted by Gasteiger charge is -2.06. The van der Waals surface area contributed by atoms with E-state index in [9.17, 15) is 8.42 Å². The molecule has 102 valence electrons. The molecule has 0 amide bonds. The Morgan fingerprint density at radius 1 is 1.26 bits per heavy atom. The van der Waals surface area contributed by atoms with Gasteiger partial charge in [0, 0.05) is 11.9 Å². The average Bonchev–Trinajstić information content (AvgIpc) is 2.74. The van der Waals surface area contributed by atoms with Gasteiger partial charge in [-0.15, -0.1) is 11.3 Å². The van der Waals surface area contributed by atoms with Gasteiger partial charge in [0.1, 0.15) is 0 Å². The SMILES string of the molecule is Cc1csc(NS(=O)(=O)Cc2ccc(CN)cc2)n1. The molecule has 19 heavy (non-hydrogen) atoms. The molecule has 0 aliphatic rings. The first-order chi connectivity index (χ1) is 8.98. The largest absolute Gasteiger partial charge is 0.326 e. The second-order valence-corrected chi connectivity index (χ2v) is 6.76. The lowest BCUT2D eigenvalue weighted by molar-refractivity contribution is 0.600. The van der Waals surface area contributed by atoms with E-state index in [0.717, 1.165) is 16.8 Å². The van der Waals surface area contributed by atoms with Crippen LogP contribution in [0.4, 0.5) is 5.13 Å². The molecule has 2 rings (SSSR count).